The lowest BCUT2D eigenvalue weighted by molar-refractivity contribution is 0.313. The molecule has 7 nitrogen and oxygen atoms in total. The number of aromatic nitrogens is 3. The van der Waals surface area contributed by atoms with Gasteiger partial charge < -0.3 is 20.4 Å². The van der Waals surface area contributed by atoms with Gasteiger partial charge in [-0.3, -0.25) is 0 Å². The Kier molecular flexibility index (Phi) is 5.29. The number of benzene rings is 2. The van der Waals surface area contributed by atoms with Crippen LogP contribution in [-0.4, -0.2) is 53.3 Å². The van der Waals surface area contributed by atoms with Gasteiger partial charge in [-0.15, -0.1) is 5.10 Å². The fourth-order valence-corrected chi connectivity index (χ4v) is 3.05. The summed E-state index contributed by atoms with van der Waals surface area (Å²) in [6, 6.07) is 14.3. The highest BCUT2D eigenvalue weighted by molar-refractivity contribution is 5.62. The topological polar surface area (TPSA) is 69.2 Å². The number of halogens is 1. The fourth-order valence-electron chi connectivity index (χ4n) is 3.05. The van der Waals surface area contributed by atoms with Crippen LogP contribution < -0.4 is 15.5 Å². The van der Waals surface area contributed by atoms with Crippen molar-refractivity contribution >= 4 is 28.8 Å². The molecular weight excluding hydrogens is 357 g/mol. The second-order valence-corrected chi connectivity index (χ2v) is 6.76. The molecule has 1 aromatic heterocycles. The Labute approximate surface area is 163 Å². The summed E-state index contributed by atoms with van der Waals surface area (Å²) in [4.78, 5) is 9.13. The van der Waals surface area contributed by atoms with Gasteiger partial charge in [0.2, 0.25) is 5.95 Å². The maximum Gasteiger partial charge on any atom is 0.249 e. The Morgan fingerprint density at radius 3 is 2.21 bits per heavy atom. The van der Waals surface area contributed by atoms with Gasteiger partial charge in [0, 0.05) is 43.2 Å². The highest BCUT2D eigenvalue weighted by Crippen LogP contribution is 2.22. The number of nitrogens with one attached hydrogen (secondary N) is 2. The number of hydrogen-bond acceptors (Lipinski definition) is 7. The highest BCUT2D eigenvalue weighted by atomic mass is 19.1. The van der Waals surface area contributed by atoms with E-state index in [0.29, 0.717) is 17.5 Å². The molecule has 0 bridgehead atoms. The molecule has 144 valence electrons. The number of nitrogens with zero attached hydrogens (tertiary/aromatic N) is 5. The van der Waals surface area contributed by atoms with E-state index < -0.39 is 0 Å². The van der Waals surface area contributed by atoms with Gasteiger partial charge in [0.15, 0.2) is 5.82 Å². The van der Waals surface area contributed by atoms with Crippen LogP contribution in [0.25, 0.3) is 0 Å². The van der Waals surface area contributed by atoms with Crippen LogP contribution in [0.15, 0.2) is 54.7 Å². The molecule has 1 aliphatic rings. The van der Waals surface area contributed by atoms with Gasteiger partial charge in [0.25, 0.3) is 0 Å². The standard InChI is InChI=1S/C20H22FN7/c1-27-10-12-28(13-11-27)18-8-6-16(7-9-18)23-19-14-22-26-20(25-19)24-17-4-2-15(21)3-5-17/h2-9,14H,10-13H2,1H3,(H2,23,24,25,26). The molecule has 28 heavy (non-hydrogen) atoms. The SMILES string of the molecule is CN1CCN(c2ccc(Nc3cnnc(Nc4ccc(F)cc4)n3)cc2)CC1. The van der Waals surface area contributed by atoms with E-state index in [2.05, 4.69) is 54.8 Å². The van der Waals surface area contributed by atoms with E-state index in [0.717, 1.165) is 31.9 Å². The maximum atomic E-state index is 13.0. The van der Waals surface area contributed by atoms with Crippen LogP contribution in [0.4, 0.5) is 33.2 Å². The first-order chi connectivity index (χ1) is 13.7. The third-order valence-corrected chi connectivity index (χ3v) is 4.67. The van der Waals surface area contributed by atoms with Gasteiger partial charge in [0.1, 0.15) is 5.82 Å². The van der Waals surface area contributed by atoms with Crippen LogP contribution >= 0.6 is 0 Å². The van der Waals surface area contributed by atoms with Gasteiger partial charge in [-0.2, -0.15) is 10.1 Å². The van der Waals surface area contributed by atoms with Gasteiger partial charge in [-0.05, 0) is 55.6 Å². The minimum atomic E-state index is -0.292. The lowest BCUT2D eigenvalue weighted by Gasteiger charge is -2.34. The van der Waals surface area contributed by atoms with Crippen LogP contribution in [-0.2, 0) is 0 Å². The first-order valence-corrected chi connectivity index (χ1v) is 9.19. The molecule has 1 saturated heterocycles. The minimum absolute atomic E-state index is 0.292. The minimum Gasteiger partial charge on any atom is -0.369 e. The zero-order valence-electron chi connectivity index (χ0n) is 15.6. The van der Waals surface area contributed by atoms with Crippen molar-refractivity contribution in [1.82, 2.24) is 20.1 Å². The summed E-state index contributed by atoms with van der Waals surface area (Å²) < 4.78 is 13.0. The molecule has 1 aliphatic heterocycles. The molecule has 8 heteroatoms. The number of likely N-dealkylation sites (N-methyl/N-ethyl adjacent to an activating group) is 1. The fraction of sp³-hybridized carbons (Fsp3) is 0.250. The molecule has 2 heterocycles. The van der Waals surface area contributed by atoms with E-state index in [1.165, 1.54) is 17.8 Å². The van der Waals surface area contributed by atoms with E-state index in [1.54, 1.807) is 18.3 Å². The van der Waals surface area contributed by atoms with Gasteiger partial charge in [-0.25, -0.2) is 4.39 Å². The molecule has 0 spiro atoms. The second-order valence-electron chi connectivity index (χ2n) is 6.76. The second kappa shape index (κ2) is 8.18. The van der Waals surface area contributed by atoms with Crippen LogP contribution in [0.5, 0.6) is 0 Å². The monoisotopic (exact) mass is 379 g/mol. The summed E-state index contributed by atoms with van der Waals surface area (Å²) in [6.45, 7) is 4.24. The predicted octanol–water partition coefficient (Wildman–Crippen LogP) is 3.25. The molecule has 2 aromatic carbocycles. The summed E-state index contributed by atoms with van der Waals surface area (Å²) in [5.74, 6) is 0.623. The lowest BCUT2D eigenvalue weighted by Crippen LogP contribution is -2.44. The van der Waals surface area contributed by atoms with Crippen molar-refractivity contribution in [2.75, 3.05) is 48.8 Å². The third-order valence-electron chi connectivity index (χ3n) is 4.67. The van der Waals surface area contributed by atoms with Crippen LogP contribution in [0, 0.1) is 5.82 Å². The molecular formula is C20H22FN7. The zero-order valence-corrected chi connectivity index (χ0v) is 15.6. The molecule has 0 saturated carbocycles. The summed E-state index contributed by atoms with van der Waals surface area (Å²) in [5, 5.41) is 14.2. The van der Waals surface area contributed by atoms with Crippen molar-refractivity contribution in [2.45, 2.75) is 0 Å². The molecule has 0 aliphatic carbocycles. The smallest absolute Gasteiger partial charge is 0.249 e. The van der Waals surface area contributed by atoms with E-state index in [1.807, 2.05) is 12.1 Å². The number of rotatable bonds is 5. The van der Waals surface area contributed by atoms with Gasteiger partial charge in [-0.1, -0.05) is 0 Å². The van der Waals surface area contributed by atoms with Crippen LogP contribution in [0.3, 0.4) is 0 Å². The van der Waals surface area contributed by atoms with Crippen LogP contribution in [0.1, 0.15) is 0 Å². The largest absolute Gasteiger partial charge is 0.369 e. The van der Waals surface area contributed by atoms with E-state index in [4.69, 9.17) is 0 Å². The van der Waals surface area contributed by atoms with Gasteiger partial charge >= 0.3 is 0 Å². The average molecular weight is 379 g/mol. The number of anilines is 5. The molecule has 2 N–H and O–H groups in total. The molecule has 0 amide bonds. The first kappa shape index (κ1) is 18.1. The number of hydrogen-bond donors (Lipinski definition) is 2. The normalized spacial score (nSPS) is 14.7. The highest BCUT2D eigenvalue weighted by Gasteiger charge is 2.14. The average Bonchev–Trinajstić information content (AvgIpc) is 2.71. The summed E-state index contributed by atoms with van der Waals surface area (Å²) in [6.07, 6.45) is 1.56. The maximum absolute atomic E-state index is 13.0. The van der Waals surface area contributed by atoms with E-state index in [9.17, 15) is 4.39 Å². The van der Waals surface area contributed by atoms with Crippen molar-refractivity contribution in [3.63, 3.8) is 0 Å². The summed E-state index contributed by atoms with van der Waals surface area (Å²) in [5.41, 5.74) is 2.83. The Morgan fingerprint density at radius 1 is 0.857 bits per heavy atom. The summed E-state index contributed by atoms with van der Waals surface area (Å²) in [7, 11) is 2.15. The third kappa shape index (κ3) is 4.52. The molecule has 0 atom stereocenters. The van der Waals surface area contributed by atoms with Crippen molar-refractivity contribution in [3.8, 4) is 0 Å². The first-order valence-electron chi connectivity index (χ1n) is 9.19. The van der Waals surface area contributed by atoms with Crippen molar-refractivity contribution in [2.24, 2.45) is 0 Å². The predicted molar refractivity (Wildman–Crippen MR) is 109 cm³/mol. The van der Waals surface area contributed by atoms with Gasteiger partial charge in [0.05, 0.1) is 6.20 Å². The Hall–Kier alpha value is -3.26. The lowest BCUT2D eigenvalue weighted by atomic mass is 10.2. The van der Waals surface area contributed by atoms with E-state index >= 15 is 0 Å². The molecule has 0 radical (unpaired) electrons. The Bertz CT molecular complexity index is 907. The summed E-state index contributed by atoms with van der Waals surface area (Å²) >= 11 is 0. The quantitative estimate of drug-likeness (QED) is 0.705. The molecule has 1 fully saturated rings. The Balaban J connectivity index is 1.40. The number of piperazine rings is 1. The molecule has 0 unspecified atom stereocenters. The zero-order chi connectivity index (χ0) is 19.3. The van der Waals surface area contributed by atoms with Crippen molar-refractivity contribution in [1.29, 1.82) is 0 Å². The molecule has 3 aromatic rings. The molecule has 4 rings (SSSR count). The van der Waals surface area contributed by atoms with Crippen LogP contribution in [0.2, 0.25) is 0 Å². The van der Waals surface area contributed by atoms with Crippen molar-refractivity contribution < 1.29 is 4.39 Å². The Morgan fingerprint density at radius 2 is 1.50 bits per heavy atom. The van der Waals surface area contributed by atoms with E-state index in [-0.39, 0.29) is 5.82 Å². The van der Waals surface area contributed by atoms with Crippen molar-refractivity contribution in [3.05, 3.63) is 60.5 Å².